The Morgan fingerprint density at radius 1 is 1.18 bits per heavy atom. The highest BCUT2D eigenvalue weighted by molar-refractivity contribution is 6.06. The molecule has 12 nitrogen and oxygen atoms in total. The molecule has 208 valence electrons. The van der Waals surface area contributed by atoms with Gasteiger partial charge in [0, 0.05) is 44.0 Å². The number of halogens is 1. The molecule has 3 aromatic rings. The highest BCUT2D eigenvalue weighted by Crippen LogP contribution is 2.29. The fourth-order valence-electron chi connectivity index (χ4n) is 4.91. The van der Waals surface area contributed by atoms with Gasteiger partial charge in [-0.05, 0) is 39.7 Å². The number of carbonyl (C=O) groups is 2. The number of pyridine rings is 1. The third-order valence-corrected chi connectivity index (χ3v) is 6.71. The van der Waals surface area contributed by atoms with E-state index in [1.54, 1.807) is 33.0 Å². The maximum atomic E-state index is 14.7. The molecule has 0 bridgehead atoms. The average Bonchev–Trinajstić information content (AvgIpc) is 3.38. The van der Waals surface area contributed by atoms with Crippen molar-refractivity contribution < 1.29 is 23.5 Å². The number of nitrogens with zero attached hydrogens (tertiary/aromatic N) is 6. The Morgan fingerprint density at radius 2 is 1.95 bits per heavy atom. The smallest absolute Gasteiger partial charge is 0.410 e. The Labute approximate surface area is 225 Å². The Hall–Kier alpha value is -3.87. The number of fused-ring (bicyclic) bond motifs is 1. The van der Waals surface area contributed by atoms with Gasteiger partial charge in [-0.3, -0.25) is 9.48 Å². The predicted molar refractivity (Wildman–Crippen MR) is 141 cm³/mol. The molecule has 2 amide bonds. The summed E-state index contributed by atoms with van der Waals surface area (Å²) < 4.78 is 27.5. The minimum atomic E-state index is -1.25. The molecule has 39 heavy (non-hydrogen) atoms. The number of anilines is 1. The van der Waals surface area contributed by atoms with Crippen molar-refractivity contribution in [1.82, 2.24) is 29.6 Å². The van der Waals surface area contributed by atoms with Gasteiger partial charge in [-0.25, -0.2) is 24.1 Å². The van der Waals surface area contributed by atoms with Gasteiger partial charge in [0.25, 0.3) is 5.91 Å². The fourth-order valence-corrected chi connectivity index (χ4v) is 4.91. The second-order valence-corrected chi connectivity index (χ2v) is 11.0. The number of primary amides is 1. The molecule has 0 radical (unpaired) electrons. The number of rotatable bonds is 5. The normalized spacial score (nSPS) is 20.7. The topological polar surface area (TPSA) is 150 Å². The molecule has 0 unspecified atom stereocenters. The van der Waals surface area contributed by atoms with E-state index in [1.807, 2.05) is 10.9 Å². The molecular weight excluding hydrogens is 507 g/mol. The molecule has 2 fully saturated rings. The van der Waals surface area contributed by atoms with Crippen molar-refractivity contribution in [2.24, 2.45) is 5.73 Å². The van der Waals surface area contributed by atoms with E-state index in [2.05, 4.69) is 20.4 Å². The van der Waals surface area contributed by atoms with Gasteiger partial charge in [-0.15, -0.1) is 0 Å². The minimum absolute atomic E-state index is 0.0526. The lowest BCUT2D eigenvalue weighted by molar-refractivity contribution is 0.0124. The van der Waals surface area contributed by atoms with Gasteiger partial charge in [-0.2, -0.15) is 5.10 Å². The Morgan fingerprint density at radius 3 is 2.67 bits per heavy atom. The van der Waals surface area contributed by atoms with Gasteiger partial charge in [0.2, 0.25) is 0 Å². The third-order valence-electron chi connectivity index (χ3n) is 6.71. The van der Waals surface area contributed by atoms with Crippen LogP contribution in [0.3, 0.4) is 0 Å². The Bertz CT molecular complexity index is 1370. The van der Waals surface area contributed by atoms with Crippen molar-refractivity contribution in [2.45, 2.75) is 63.9 Å². The number of likely N-dealkylation sites (tertiary alicyclic amines) is 1. The first-order valence-electron chi connectivity index (χ1n) is 13.0. The van der Waals surface area contributed by atoms with E-state index in [4.69, 9.17) is 20.2 Å². The van der Waals surface area contributed by atoms with Crippen molar-refractivity contribution in [3.05, 3.63) is 30.4 Å². The summed E-state index contributed by atoms with van der Waals surface area (Å²) in [5.74, 6) is -0.355. The standard InChI is InChI=1S/C26H33FN8O4/c1-26(2,3)39-25(37)34-12-16(27)8-17(13-34)32-24-22-21(29-14-30-24)19(23(28)36)9-20(33-22)15-10-31-35(11-15)18-4-6-38-7-5-18/h9-11,14,16-18H,4-8,12-13H2,1-3H3,(H2,28,36)(H,29,30,32)/t16-,17-/m0/s1. The van der Waals surface area contributed by atoms with Crippen molar-refractivity contribution in [2.75, 3.05) is 31.6 Å². The number of hydrogen-bond acceptors (Lipinski definition) is 9. The Balaban J connectivity index is 1.45. The molecule has 2 aliphatic heterocycles. The van der Waals surface area contributed by atoms with Crippen LogP contribution in [-0.2, 0) is 9.47 Å². The van der Waals surface area contributed by atoms with E-state index in [0.717, 1.165) is 12.8 Å². The van der Waals surface area contributed by atoms with E-state index in [1.165, 1.54) is 11.2 Å². The molecule has 2 saturated heterocycles. The summed E-state index contributed by atoms with van der Waals surface area (Å²) in [4.78, 5) is 39.7. The summed E-state index contributed by atoms with van der Waals surface area (Å²) in [6.07, 6.45) is 4.92. The van der Waals surface area contributed by atoms with E-state index in [0.29, 0.717) is 35.8 Å². The monoisotopic (exact) mass is 540 g/mol. The van der Waals surface area contributed by atoms with Gasteiger partial charge in [-0.1, -0.05) is 0 Å². The number of carbonyl (C=O) groups excluding carboxylic acids is 2. The fraction of sp³-hybridized carbons (Fsp3) is 0.538. The second-order valence-electron chi connectivity index (χ2n) is 11.0. The van der Waals surface area contributed by atoms with Gasteiger partial charge in [0.1, 0.15) is 29.1 Å². The van der Waals surface area contributed by atoms with Crippen LogP contribution in [0, 0.1) is 0 Å². The van der Waals surface area contributed by atoms with Crippen LogP contribution >= 0.6 is 0 Å². The number of alkyl halides is 1. The molecular formula is C26H33FN8O4. The molecule has 2 aliphatic rings. The molecule has 13 heteroatoms. The number of nitrogens with one attached hydrogen (secondary N) is 1. The van der Waals surface area contributed by atoms with Crippen LogP contribution in [0.15, 0.2) is 24.8 Å². The summed E-state index contributed by atoms with van der Waals surface area (Å²) in [7, 11) is 0. The molecule has 0 aromatic carbocycles. The average molecular weight is 541 g/mol. The zero-order valence-electron chi connectivity index (χ0n) is 22.3. The number of nitrogens with two attached hydrogens (primary N) is 1. The summed E-state index contributed by atoms with van der Waals surface area (Å²) >= 11 is 0. The lowest BCUT2D eigenvalue weighted by atomic mass is 10.0. The SMILES string of the molecule is CC(C)(C)OC(=O)N1C[C@@H](F)C[C@H](Nc2ncnc3c(C(N)=O)cc(-c4cnn(C5CCOCC5)c4)nc23)C1. The first kappa shape index (κ1) is 26.7. The number of ether oxygens (including phenoxy) is 2. The number of piperidine rings is 1. The molecule has 0 saturated carbocycles. The molecule has 0 aliphatic carbocycles. The lowest BCUT2D eigenvalue weighted by Crippen LogP contribution is -2.51. The van der Waals surface area contributed by atoms with Crippen molar-refractivity contribution in [3.63, 3.8) is 0 Å². The maximum Gasteiger partial charge on any atom is 0.410 e. The van der Waals surface area contributed by atoms with Gasteiger partial charge < -0.3 is 25.4 Å². The molecule has 0 spiro atoms. The van der Waals surface area contributed by atoms with Crippen LogP contribution in [-0.4, -0.2) is 85.8 Å². The largest absolute Gasteiger partial charge is 0.444 e. The van der Waals surface area contributed by atoms with Crippen LogP contribution in [0.2, 0.25) is 0 Å². The first-order chi connectivity index (χ1) is 18.6. The van der Waals surface area contributed by atoms with E-state index in [9.17, 15) is 14.0 Å². The first-order valence-corrected chi connectivity index (χ1v) is 13.0. The highest BCUT2D eigenvalue weighted by atomic mass is 19.1. The Kier molecular flexibility index (Phi) is 7.34. The maximum absolute atomic E-state index is 14.7. The number of amides is 2. The van der Waals surface area contributed by atoms with Crippen molar-refractivity contribution >= 4 is 28.9 Å². The van der Waals surface area contributed by atoms with Crippen molar-refractivity contribution in [1.29, 1.82) is 0 Å². The van der Waals surface area contributed by atoms with Crippen LogP contribution in [0.5, 0.6) is 0 Å². The quantitative estimate of drug-likeness (QED) is 0.497. The highest BCUT2D eigenvalue weighted by Gasteiger charge is 2.33. The molecule has 5 rings (SSSR count). The summed E-state index contributed by atoms with van der Waals surface area (Å²) in [6, 6.07) is 1.34. The minimum Gasteiger partial charge on any atom is -0.444 e. The van der Waals surface area contributed by atoms with Gasteiger partial charge in [0.15, 0.2) is 5.82 Å². The van der Waals surface area contributed by atoms with Gasteiger partial charge >= 0.3 is 6.09 Å². The summed E-state index contributed by atoms with van der Waals surface area (Å²) in [6.45, 7) is 6.80. The number of hydrogen-bond donors (Lipinski definition) is 2. The zero-order valence-corrected chi connectivity index (χ0v) is 22.3. The summed E-state index contributed by atoms with van der Waals surface area (Å²) in [5, 5.41) is 7.73. The van der Waals surface area contributed by atoms with Crippen LogP contribution < -0.4 is 11.1 Å². The van der Waals surface area contributed by atoms with Crippen LogP contribution in [0.1, 0.15) is 56.4 Å². The van der Waals surface area contributed by atoms with E-state index in [-0.39, 0.29) is 36.6 Å². The predicted octanol–water partition coefficient (Wildman–Crippen LogP) is 3.10. The van der Waals surface area contributed by atoms with Crippen LogP contribution in [0.4, 0.5) is 15.0 Å². The number of aromatic nitrogens is 5. The lowest BCUT2D eigenvalue weighted by Gasteiger charge is -2.36. The van der Waals surface area contributed by atoms with E-state index < -0.39 is 29.8 Å². The van der Waals surface area contributed by atoms with Gasteiger partial charge in [0.05, 0.1) is 30.0 Å². The summed E-state index contributed by atoms with van der Waals surface area (Å²) in [5.41, 5.74) is 6.97. The van der Waals surface area contributed by atoms with E-state index >= 15 is 0 Å². The van der Waals surface area contributed by atoms with Crippen LogP contribution in [0.25, 0.3) is 22.3 Å². The zero-order chi connectivity index (χ0) is 27.7. The molecule has 2 atom stereocenters. The third kappa shape index (κ3) is 6.08. The molecule has 5 heterocycles. The molecule has 3 aromatic heterocycles. The second kappa shape index (κ2) is 10.7. The van der Waals surface area contributed by atoms with Crippen molar-refractivity contribution in [3.8, 4) is 11.3 Å². The molecule has 3 N–H and O–H groups in total.